The predicted octanol–water partition coefficient (Wildman–Crippen LogP) is 4.44. The van der Waals surface area contributed by atoms with Gasteiger partial charge in [0, 0.05) is 38.5 Å². The summed E-state index contributed by atoms with van der Waals surface area (Å²) in [5.74, 6) is -0.532. The topological polar surface area (TPSA) is 78.9 Å². The van der Waals surface area contributed by atoms with Crippen LogP contribution in [0.15, 0.2) is 36.5 Å². The van der Waals surface area contributed by atoms with Gasteiger partial charge >= 0.3 is 17.9 Å². The SMILES string of the molecule is CC/C=C\C/C=C\C[C@@H](/C=C/[C@@H](OC(C)=O)[C@H]1C[C@@H]1[C@H]1CCCC(=O)O1)OC(C)=O. The summed E-state index contributed by atoms with van der Waals surface area (Å²) >= 11 is 0. The van der Waals surface area contributed by atoms with E-state index >= 15 is 0 Å². The van der Waals surface area contributed by atoms with Crippen LogP contribution in [0.5, 0.6) is 0 Å². The normalized spacial score (nSPS) is 26.0. The minimum absolute atomic E-state index is 0.0916. The Kier molecular flexibility index (Phi) is 9.84. The van der Waals surface area contributed by atoms with Crippen LogP contribution >= 0.6 is 0 Å². The van der Waals surface area contributed by atoms with E-state index in [0.717, 1.165) is 32.1 Å². The molecule has 0 aromatic carbocycles. The van der Waals surface area contributed by atoms with Crippen molar-refractivity contribution in [3.63, 3.8) is 0 Å². The molecular formula is C24H34O6. The molecule has 1 saturated carbocycles. The molecule has 166 valence electrons. The van der Waals surface area contributed by atoms with Gasteiger partial charge in [-0.15, -0.1) is 0 Å². The molecule has 0 spiro atoms. The van der Waals surface area contributed by atoms with Gasteiger partial charge in [0.1, 0.15) is 18.3 Å². The Hall–Kier alpha value is -2.37. The van der Waals surface area contributed by atoms with Crippen LogP contribution in [0.3, 0.4) is 0 Å². The fourth-order valence-electron chi connectivity index (χ4n) is 3.82. The van der Waals surface area contributed by atoms with E-state index in [-0.39, 0.29) is 35.8 Å². The van der Waals surface area contributed by atoms with E-state index < -0.39 is 12.2 Å². The van der Waals surface area contributed by atoms with E-state index in [1.165, 1.54) is 13.8 Å². The Morgan fingerprint density at radius 1 is 1.10 bits per heavy atom. The number of carbonyl (C=O) groups is 3. The van der Waals surface area contributed by atoms with E-state index in [0.29, 0.717) is 12.8 Å². The highest BCUT2D eigenvalue weighted by Gasteiger charge is 2.50. The van der Waals surface area contributed by atoms with Gasteiger partial charge in [-0.05, 0) is 44.3 Å². The van der Waals surface area contributed by atoms with E-state index in [1.807, 2.05) is 18.2 Å². The zero-order valence-corrected chi connectivity index (χ0v) is 18.3. The highest BCUT2D eigenvalue weighted by molar-refractivity contribution is 5.70. The van der Waals surface area contributed by atoms with Crippen LogP contribution in [0.4, 0.5) is 0 Å². The van der Waals surface area contributed by atoms with Gasteiger partial charge in [-0.25, -0.2) is 0 Å². The molecule has 6 nitrogen and oxygen atoms in total. The molecule has 2 aliphatic rings. The Labute approximate surface area is 179 Å². The molecule has 1 saturated heterocycles. The Morgan fingerprint density at radius 2 is 1.83 bits per heavy atom. The van der Waals surface area contributed by atoms with Gasteiger partial charge < -0.3 is 14.2 Å². The van der Waals surface area contributed by atoms with Crippen molar-refractivity contribution in [1.82, 2.24) is 0 Å². The van der Waals surface area contributed by atoms with Gasteiger partial charge in [-0.3, -0.25) is 14.4 Å². The third-order valence-corrected chi connectivity index (χ3v) is 5.29. The minimum Gasteiger partial charge on any atom is -0.462 e. The molecule has 1 aliphatic carbocycles. The van der Waals surface area contributed by atoms with Gasteiger partial charge in [0.15, 0.2) is 0 Å². The molecule has 0 N–H and O–H groups in total. The lowest BCUT2D eigenvalue weighted by Crippen LogP contribution is -2.28. The summed E-state index contributed by atoms with van der Waals surface area (Å²) < 4.78 is 16.4. The van der Waals surface area contributed by atoms with Crippen LogP contribution in [0.25, 0.3) is 0 Å². The molecule has 1 aliphatic heterocycles. The maximum absolute atomic E-state index is 11.6. The highest BCUT2D eigenvalue weighted by Crippen LogP contribution is 2.48. The van der Waals surface area contributed by atoms with Gasteiger partial charge in [0.2, 0.25) is 0 Å². The molecule has 0 unspecified atom stereocenters. The van der Waals surface area contributed by atoms with Crippen LogP contribution in [0.2, 0.25) is 0 Å². The Bertz CT molecular complexity index is 677. The largest absolute Gasteiger partial charge is 0.462 e. The lowest BCUT2D eigenvalue weighted by Gasteiger charge is -2.23. The quantitative estimate of drug-likeness (QED) is 0.280. The van der Waals surface area contributed by atoms with Crippen molar-refractivity contribution in [2.24, 2.45) is 11.8 Å². The van der Waals surface area contributed by atoms with Crippen molar-refractivity contribution in [1.29, 1.82) is 0 Å². The first-order valence-electron chi connectivity index (χ1n) is 10.9. The number of hydrogen-bond donors (Lipinski definition) is 0. The van der Waals surface area contributed by atoms with E-state index in [9.17, 15) is 14.4 Å². The summed E-state index contributed by atoms with van der Waals surface area (Å²) in [6.07, 6.45) is 16.3. The minimum atomic E-state index is -0.420. The molecular weight excluding hydrogens is 384 g/mol. The highest BCUT2D eigenvalue weighted by atomic mass is 16.6. The molecule has 2 rings (SSSR count). The molecule has 0 aromatic rings. The molecule has 6 heteroatoms. The average molecular weight is 419 g/mol. The van der Waals surface area contributed by atoms with Crippen molar-refractivity contribution in [3.05, 3.63) is 36.5 Å². The molecule has 0 amide bonds. The van der Waals surface area contributed by atoms with E-state index in [2.05, 4.69) is 19.1 Å². The standard InChI is InChI=1S/C24H34O6/c1-4-5-6-7-8-9-11-19(28-17(2)25)14-15-23(29-18(3)26)21-16-20(21)22-12-10-13-24(27)30-22/h5-6,8-9,14-15,19-23H,4,7,10-13,16H2,1-3H3/b6-5-,9-8-,15-14+/t19-,20-,21-,22+,23+/m0/s1. The Morgan fingerprint density at radius 3 is 2.50 bits per heavy atom. The second kappa shape index (κ2) is 12.4. The molecule has 0 bridgehead atoms. The number of rotatable bonds is 11. The number of hydrogen-bond acceptors (Lipinski definition) is 6. The molecule has 2 fully saturated rings. The maximum atomic E-state index is 11.6. The monoisotopic (exact) mass is 418 g/mol. The van der Waals surface area contributed by atoms with E-state index in [4.69, 9.17) is 14.2 Å². The first kappa shape index (κ1) is 23.9. The van der Waals surface area contributed by atoms with E-state index in [1.54, 1.807) is 6.08 Å². The average Bonchev–Trinajstić information content (AvgIpc) is 3.47. The number of cyclic esters (lactones) is 1. The summed E-state index contributed by atoms with van der Waals surface area (Å²) in [5, 5.41) is 0. The zero-order chi connectivity index (χ0) is 21.9. The molecule has 0 aromatic heterocycles. The second-order valence-electron chi connectivity index (χ2n) is 7.91. The van der Waals surface area contributed by atoms with Crippen molar-refractivity contribution in [2.45, 2.75) is 84.0 Å². The van der Waals surface area contributed by atoms with Crippen LogP contribution in [0.1, 0.15) is 65.7 Å². The summed E-state index contributed by atoms with van der Waals surface area (Å²) in [6.45, 7) is 4.85. The number of esters is 3. The van der Waals surface area contributed by atoms with Gasteiger partial charge in [-0.2, -0.15) is 0 Å². The van der Waals surface area contributed by atoms with Crippen molar-refractivity contribution in [3.8, 4) is 0 Å². The summed E-state index contributed by atoms with van der Waals surface area (Å²) in [4.78, 5) is 34.6. The summed E-state index contributed by atoms with van der Waals surface area (Å²) in [5.41, 5.74) is 0. The van der Waals surface area contributed by atoms with Gasteiger partial charge in [-0.1, -0.05) is 31.2 Å². The smallest absolute Gasteiger partial charge is 0.306 e. The first-order chi connectivity index (χ1) is 14.4. The fraction of sp³-hybridized carbons (Fsp3) is 0.625. The zero-order valence-electron chi connectivity index (χ0n) is 18.3. The molecule has 0 radical (unpaired) electrons. The molecule has 5 atom stereocenters. The van der Waals surface area contributed by atoms with Gasteiger partial charge in [0.25, 0.3) is 0 Å². The number of ether oxygens (including phenoxy) is 3. The first-order valence-corrected chi connectivity index (χ1v) is 10.9. The molecule has 30 heavy (non-hydrogen) atoms. The predicted molar refractivity (Wildman–Crippen MR) is 113 cm³/mol. The van der Waals surface area contributed by atoms with Crippen molar-refractivity contribution >= 4 is 17.9 Å². The third kappa shape index (κ3) is 8.56. The van der Waals surface area contributed by atoms with Crippen molar-refractivity contribution < 1.29 is 28.6 Å². The lowest BCUT2D eigenvalue weighted by atomic mass is 10.0. The van der Waals surface area contributed by atoms with Crippen molar-refractivity contribution in [2.75, 3.05) is 0 Å². The molecule has 1 heterocycles. The lowest BCUT2D eigenvalue weighted by molar-refractivity contribution is -0.156. The maximum Gasteiger partial charge on any atom is 0.306 e. The third-order valence-electron chi connectivity index (χ3n) is 5.29. The van der Waals surface area contributed by atoms with Gasteiger partial charge in [0.05, 0.1) is 0 Å². The number of carbonyl (C=O) groups excluding carboxylic acids is 3. The Balaban J connectivity index is 1.97. The van der Waals surface area contributed by atoms with Crippen LogP contribution in [-0.2, 0) is 28.6 Å². The fourth-order valence-corrected chi connectivity index (χ4v) is 3.82. The summed E-state index contributed by atoms with van der Waals surface area (Å²) in [7, 11) is 0. The van der Waals surface area contributed by atoms with Crippen LogP contribution in [0, 0.1) is 11.8 Å². The summed E-state index contributed by atoms with van der Waals surface area (Å²) in [6, 6.07) is 0. The van der Waals surface area contributed by atoms with Crippen LogP contribution < -0.4 is 0 Å². The van der Waals surface area contributed by atoms with Crippen LogP contribution in [-0.4, -0.2) is 36.2 Å². The number of allylic oxidation sites excluding steroid dienone is 3. The second-order valence-corrected chi connectivity index (χ2v) is 7.91.